The van der Waals surface area contributed by atoms with Crippen molar-refractivity contribution in [3.63, 3.8) is 0 Å². The van der Waals surface area contributed by atoms with Gasteiger partial charge >= 0.3 is 0 Å². The fourth-order valence-corrected chi connectivity index (χ4v) is 1.27. The second-order valence-electron chi connectivity index (χ2n) is 3.69. The minimum atomic E-state index is -0.772. The molecule has 1 unspecified atom stereocenters. The molecular formula is C12H17FN2O3. The summed E-state index contributed by atoms with van der Waals surface area (Å²) < 4.78 is 23.2. The van der Waals surface area contributed by atoms with Gasteiger partial charge in [0.1, 0.15) is 0 Å². The highest BCUT2D eigenvalue weighted by Gasteiger charge is 2.16. The van der Waals surface area contributed by atoms with Crippen molar-refractivity contribution in [1.29, 1.82) is 0 Å². The number of hydrogen-bond acceptors (Lipinski definition) is 4. The Kier molecular flexibility index (Phi) is 6.07. The van der Waals surface area contributed by atoms with E-state index in [1.54, 1.807) is 20.1 Å². The molecule has 5 nitrogen and oxygen atoms in total. The molecule has 100 valence electrons. The molecule has 18 heavy (non-hydrogen) atoms. The van der Waals surface area contributed by atoms with Gasteiger partial charge in [0.05, 0.1) is 0 Å². The monoisotopic (exact) mass is 256 g/mol. The maximum Gasteiger partial charge on any atom is 0.260 e. The summed E-state index contributed by atoms with van der Waals surface area (Å²) in [4.78, 5) is 15.0. The van der Waals surface area contributed by atoms with Crippen molar-refractivity contribution < 1.29 is 18.7 Å². The lowest BCUT2D eigenvalue weighted by atomic mass is 10.3. The third-order valence-electron chi connectivity index (χ3n) is 2.22. The number of amides is 1. The van der Waals surface area contributed by atoms with Gasteiger partial charge < -0.3 is 14.8 Å². The molecule has 0 aliphatic rings. The lowest BCUT2D eigenvalue weighted by molar-refractivity contribution is -0.127. The molecule has 0 radical (unpaired) electrons. The Balaban J connectivity index is 2.38. The van der Waals surface area contributed by atoms with Gasteiger partial charge in [-0.3, -0.25) is 4.79 Å². The number of carbonyl (C=O) groups is 1. The number of halogens is 1. The van der Waals surface area contributed by atoms with Crippen LogP contribution in [0.4, 0.5) is 4.39 Å². The number of nitrogens with zero attached hydrogens (tertiary/aromatic N) is 1. The molecule has 1 N–H and O–H groups in total. The number of pyridine rings is 1. The minimum absolute atomic E-state index is 0.0305. The lowest BCUT2D eigenvalue weighted by Gasteiger charge is -2.14. The van der Waals surface area contributed by atoms with Gasteiger partial charge in [-0.2, -0.15) is 4.39 Å². The Morgan fingerprint density at radius 2 is 2.39 bits per heavy atom. The maximum absolute atomic E-state index is 13.2. The fraction of sp³-hybridized carbons (Fsp3) is 0.500. The van der Waals surface area contributed by atoms with E-state index in [-0.39, 0.29) is 11.7 Å². The van der Waals surface area contributed by atoms with E-state index in [1.165, 1.54) is 12.3 Å². The Hall–Kier alpha value is -1.69. The molecule has 0 bridgehead atoms. The number of ether oxygens (including phenoxy) is 2. The van der Waals surface area contributed by atoms with Crippen LogP contribution in [0.5, 0.6) is 5.75 Å². The van der Waals surface area contributed by atoms with Gasteiger partial charge in [-0.05, 0) is 25.5 Å². The topological polar surface area (TPSA) is 60.5 Å². The standard InChI is InChI=1S/C12H17FN2O3/c1-9(12(16)15-7-4-8-17-2)18-10-5-3-6-14-11(10)13/h3,5-6,9H,4,7-8H2,1-2H3,(H,15,16). The molecule has 1 atom stereocenters. The summed E-state index contributed by atoms with van der Waals surface area (Å²) in [5, 5.41) is 2.67. The normalized spacial score (nSPS) is 11.9. The smallest absolute Gasteiger partial charge is 0.260 e. The summed E-state index contributed by atoms with van der Waals surface area (Å²) in [7, 11) is 1.60. The predicted octanol–water partition coefficient (Wildman–Crippen LogP) is 1.14. The van der Waals surface area contributed by atoms with Crippen LogP contribution >= 0.6 is 0 Å². The average Bonchev–Trinajstić information content (AvgIpc) is 2.37. The molecule has 0 saturated heterocycles. The van der Waals surface area contributed by atoms with Crippen LogP contribution in [0.25, 0.3) is 0 Å². The summed E-state index contributed by atoms with van der Waals surface area (Å²) in [5.41, 5.74) is 0. The zero-order valence-electron chi connectivity index (χ0n) is 10.5. The highest BCUT2D eigenvalue weighted by Crippen LogP contribution is 2.14. The molecule has 1 aromatic heterocycles. The molecule has 6 heteroatoms. The largest absolute Gasteiger partial charge is 0.476 e. The Morgan fingerprint density at radius 1 is 1.61 bits per heavy atom. The summed E-state index contributed by atoms with van der Waals surface area (Å²) in [5.74, 6) is -1.05. The van der Waals surface area contributed by atoms with E-state index in [0.29, 0.717) is 13.2 Å². The number of methoxy groups -OCH3 is 1. The van der Waals surface area contributed by atoms with E-state index in [2.05, 4.69) is 10.3 Å². The first kappa shape index (κ1) is 14.4. The van der Waals surface area contributed by atoms with Crippen LogP contribution < -0.4 is 10.1 Å². The van der Waals surface area contributed by atoms with Crippen LogP contribution in [0.2, 0.25) is 0 Å². The van der Waals surface area contributed by atoms with Gasteiger partial charge in [-0.25, -0.2) is 4.98 Å². The number of aromatic nitrogens is 1. The molecule has 1 amide bonds. The molecule has 0 spiro atoms. The second-order valence-corrected chi connectivity index (χ2v) is 3.69. The van der Waals surface area contributed by atoms with Crippen LogP contribution in [-0.2, 0) is 9.53 Å². The summed E-state index contributed by atoms with van der Waals surface area (Å²) in [6.07, 6.45) is 1.26. The first-order valence-corrected chi connectivity index (χ1v) is 5.69. The van der Waals surface area contributed by atoms with Crippen molar-refractivity contribution in [3.05, 3.63) is 24.3 Å². The van der Waals surface area contributed by atoms with Crippen molar-refractivity contribution in [3.8, 4) is 5.75 Å². The van der Waals surface area contributed by atoms with Gasteiger partial charge in [-0.1, -0.05) is 0 Å². The van der Waals surface area contributed by atoms with Crippen molar-refractivity contribution in [2.45, 2.75) is 19.4 Å². The van der Waals surface area contributed by atoms with Crippen molar-refractivity contribution in [1.82, 2.24) is 10.3 Å². The molecule has 1 aromatic rings. The average molecular weight is 256 g/mol. The van der Waals surface area contributed by atoms with Crippen LogP contribution in [0.3, 0.4) is 0 Å². The van der Waals surface area contributed by atoms with Gasteiger partial charge in [-0.15, -0.1) is 0 Å². The van der Waals surface area contributed by atoms with E-state index in [4.69, 9.17) is 9.47 Å². The number of carbonyl (C=O) groups excluding carboxylic acids is 1. The van der Waals surface area contributed by atoms with E-state index in [1.807, 2.05) is 0 Å². The van der Waals surface area contributed by atoms with E-state index >= 15 is 0 Å². The molecule has 0 aliphatic heterocycles. The molecular weight excluding hydrogens is 239 g/mol. The zero-order chi connectivity index (χ0) is 13.4. The number of rotatable bonds is 7. The molecule has 0 saturated carbocycles. The summed E-state index contributed by atoms with van der Waals surface area (Å²) in [6, 6.07) is 2.97. The van der Waals surface area contributed by atoms with Gasteiger partial charge in [0.15, 0.2) is 11.9 Å². The van der Waals surface area contributed by atoms with Crippen molar-refractivity contribution in [2.75, 3.05) is 20.3 Å². The predicted molar refractivity (Wildman–Crippen MR) is 63.8 cm³/mol. The Morgan fingerprint density at radius 3 is 3.06 bits per heavy atom. The molecule has 1 heterocycles. The molecule has 0 aromatic carbocycles. The highest BCUT2D eigenvalue weighted by atomic mass is 19.1. The van der Waals surface area contributed by atoms with Gasteiger partial charge in [0.2, 0.25) is 0 Å². The van der Waals surface area contributed by atoms with E-state index in [0.717, 1.165) is 6.42 Å². The van der Waals surface area contributed by atoms with Gasteiger partial charge in [0.25, 0.3) is 11.9 Å². The maximum atomic E-state index is 13.2. The van der Waals surface area contributed by atoms with Crippen LogP contribution in [0, 0.1) is 5.95 Å². The SMILES string of the molecule is COCCCNC(=O)C(C)Oc1cccnc1F. The number of nitrogens with one attached hydrogen (secondary N) is 1. The van der Waals surface area contributed by atoms with Gasteiger partial charge in [0, 0.05) is 26.5 Å². The van der Waals surface area contributed by atoms with Crippen LogP contribution in [0.15, 0.2) is 18.3 Å². The van der Waals surface area contributed by atoms with E-state index in [9.17, 15) is 9.18 Å². The summed E-state index contributed by atoms with van der Waals surface area (Å²) in [6.45, 7) is 2.63. The van der Waals surface area contributed by atoms with Crippen molar-refractivity contribution >= 4 is 5.91 Å². The van der Waals surface area contributed by atoms with Crippen LogP contribution in [-0.4, -0.2) is 37.3 Å². The zero-order valence-corrected chi connectivity index (χ0v) is 10.5. The number of hydrogen-bond donors (Lipinski definition) is 1. The fourth-order valence-electron chi connectivity index (χ4n) is 1.27. The first-order valence-electron chi connectivity index (χ1n) is 5.69. The van der Waals surface area contributed by atoms with Crippen LogP contribution in [0.1, 0.15) is 13.3 Å². The first-order chi connectivity index (χ1) is 8.65. The summed E-state index contributed by atoms with van der Waals surface area (Å²) >= 11 is 0. The third-order valence-corrected chi connectivity index (χ3v) is 2.22. The molecule has 1 rings (SSSR count). The van der Waals surface area contributed by atoms with Crippen molar-refractivity contribution in [2.24, 2.45) is 0 Å². The second kappa shape index (κ2) is 7.60. The third kappa shape index (κ3) is 4.67. The minimum Gasteiger partial charge on any atom is -0.476 e. The van der Waals surface area contributed by atoms with E-state index < -0.39 is 12.1 Å². The Labute approximate surface area is 105 Å². The quantitative estimate of drug-likeness (QED) is 0.587. The Bertz CT molecular complexity index is 387. The molecule has 0 fully saturated rings. The highest BCUT2D eigenvalue weighted by molar-refractivity contribution is 5.80. The lowest BCUT2D eigenvalue weighted by Crippen LogP contribution is -2.37. The molecule has 0 aliphatic carbocycles.